The molecular formula is C19H23BrFN5O2S2. The number of amides is 3. The minimum Gasteiger partial charge on any atom is -0.365 e. The Bertz CT molecular complexity index is 905. The summed E-state index contributed by atoms with van der Waals surface area (Å²) in [7, 11) is 0. The second-order valence-corrected chi connectivity index (χ2v) is 9.52. The number of nitrogens with one attached hydrogen (secondary N) is 2. The van der Waals surface area contributed by atoms with Gasteiger partial charge in [0, 0.05) is 16.8 Å². The fourth-order valence-electron chi connectivity index (χ4n) is 3.12. The number of carbonyl (C=O) groups is 2. The number of nitrogens with zero attached hydrogens (tertiary/aromatic N) is 2. The van der Waals surface area contributed by atoms with Crippen LogP contribution in [0.25, 0.3) is 0 Å². The number of aromatic nitrogens is 1. The van der Waals surface area contributed by atoms with E-state index in [-0.39, 0.29) is 17.1 Å². The Kier molecular flexibility index (Phi) is 8.49. The van der Waals surface area contributed by atoms with Gasteiger partial charge in [0.15, 0.2) is 0 Å². The molecule has 30 heavy (non-hydrogen) atoms. The summed E-state index contributed by atoms with van der Waals surface area (Å²) in [6.07, 6.45) is 3.34. The van der Waals surface area contributed by atoms with Gasteiger partial charge >= 0.3 is 6.03 Å². The lowest BCUT2D eigenvalue weighted by atomic mass is 10.2. The fraction of sp³-hybridized carbons (Fsp3) is 0.421. The van der Waals surface area contributed by atoms with Gasteiger partial charge in [0.25, 0.3) is 5.91 Å². The molecule has 1 aromatic carbocycles. The van der Waals surface area contributed by atoms with Crippen molar-refractivity contribution in [2.75, 3.05) is 31.5 Å². The highest BCUT2D eigenvalue weighted by molar-refractivity contribution is 9.10. The molecule has 7 nitrogen and oxygen atoms in total. The maximum absolute atomic E-state index is 14.0. The van der Waals surface area contributed by atoms with Crippen LogP contribution in [0.3, 0.4) is 0 Å². The van der Waals surface area contributed by atoms with E-state index in [9.17, 15) is 14.0 Å². The van der Waals surface area contributed by atoms with Crippen LogP contribution < -0.4 is 16.4 Å². The lowest BCUT2D eigenvalue weighted by molar-refractivity contribution is 0.0998. The maximum atomic E-state index is 14.0. The van der Waals surface area contributed by atoms with Gasteiger partial charge in [0.05, 0.1) is 0 Å². The number of hydrogen-bond acceptors (Lipinski definition) is 6. The smallest absolute Gasteiger partial charge is 0.319 e. The first-order valence-electron chi connectivity index (χ1n) is 9.57. The van der Waals surface area contributed by atoms with E-state index < -0.39 is 11.9 Å². The zero-order valence-corrected chi connectivity index (χ0v) is 19.5. The number of anilines is 1. The van der Waals surface area contributed by atoms with Crippen molar-refractivity contribution in [1.29, 1.82) is 0 Å². The van der Waals surface area contributed by atoms with Crippen LogP contribution in [0.15, 0.2) is 27.7 Å². The first-order chi connectivity index (χ1) is 14.4. The molecule has 3 rings (SSSR count). The quantitative estimate of drug-likeness (QED) is 0.345. The summed E-state index contributed by atoms with van der Waals surface area (Å²) in [5.41, 5.74) is 6.13. The molecule has 2 aromatic rings. The van der Waals surface area contributed by atoms with Gasteiger partial charge in [-0.2, -0.15) is 4.37 Å². The molecule has 4 N–H and O–H groups in total. The number of rotatable bonds is 9. The Morgan fingerprint density at radius 1 is 1.33 bits per heavy atom. The summed E-state index contributed by atoms with van der Waals surface area (Å²) in [6.45, 7) is 3.75. The van der Waals surface area contributed by atoms with Gasteiger partial charge in [-0.3, -0.25) is 10.1 Å². The average molecular weight is 516 g/mol. The summed E-state index contributed by atoms with van der Waals surface area (Å²) in [5, 5.41) is 6.11. The topological polar surface area (TPSA) is 100 Å². The molecule has 1 aliphatic rings. The number of thioether (sulfide) groups is 1. The third kappa shape index (κ3) is 6.40. The van der Waals surface area contributed by atoms with E-state index in [1.54, 1.807) is 12.1 Å². The second kappa shape index (κ2) is 11.1. The molecule has 3 amide bonds. The molecule has 0 atom stereocenters. The first-order valence-corrected chi connectivity index (χ1v) is 12.1. The monoisotopic (exact) mass is 515 g/mol. The van der Waals surface area contributed by atoms with Gasteiger partial charge < -0.3 is 16.0 Å². The highest BCUT2D eigenvalue weighted by atomic mass is 79.9. The number of nitrogens with two attached hydrogens (primary N) is 1. The van der Waals surface area contributed by atoms with Crippen molar-refractivity contribution in [3.05, 3.63) is 39.6 Å². The van der Waals surface area contributed by atoms with Crippen molar-refractivity contribution in [2.24, 2.45) is 5.73 Å². The molecular weight excluding hydrogens is 493 g/mol. The van der Waals surface area contributed by atoms with Crippen molar-refractivity contribution in [3.8, 4) is 0 Å². The molecule has 1 saturated heterocycles. The molecule has 0 aliphatic carbocycles. The standard InChI is InChI=1S/C19H23BrFN5O2S2/c20-13-5-4-12(14(21)10-13)11-29-18-15(16(22)27)17(30-25-18)24-19(28)23-6-3-9-26-7-1-2-8-26/h4-5,10H,1-3,6-9,11H2,(H2,22,27)(H2,23,24,28). The van der Waals surface area contributed by atoms with Crippen LogP contribution in [0.5, 0.6) is 0 Å². The van der Waals surface area contributed by atoms with Gasteiger partial charge in [-0.25, -0.2) is 9.18 Å². The van der Waals surface area contributed by atoms with Crippen molar-refractivity contribution in [1.82, 2.24) is 14.6 Å². The fourth-order valence-corrected chi connectivity index (χ4v) is 5.41. The molecule has 0 unspecified atom stereocenters. The Morgan fingerprint density at radius 3 is 2.80 bits per heavy atom. The number of halogens is 2. The SMILES string of the molecule is NC(=O)c1c(SCc2ccc(Br)cc2F)nsc1NC(=O)NCCCN1CCCC1. The summed E-state index contributed by atoms with van der Waals surface area (Å²) in [5.74, 6) is -0.753. The molecule has 0 spiro atoms. The largest absolute Gasteiger partial charge is 0.365 e. The van der Waals surface area contributed by atoms with E-state index in [4.69, 9.17) is 5.73 Å². The van der Waals surface area contributed by atoms with Crippen molar-refractivity contribution < 1.29 is 14.0 Å². The highest BCUT2D eigenvalue weighted by Crippen LogP contribution is 2.34. The van der Waals surface area contributed by atoms with E-state index >= 15 is 0 Å². The average Bonchev–Trinajstić information content (AvgIpc) is 3.34. The van der Waals surface area contributed by atoms with Crippen LogP contribution in [0.4, 0.5) is 14.2 Å². The third-order valence-corrected chi connectivity index (χ3v) is 7.04. The molecule has 0 radical (unpaired) electrons. The Hall–Kier alpha value is -1.69. The van der Waals surface area contributed by atoms with Crippen molar-refractivity contribution >= 4 is 56.2 Å². The molecule has 0 bridgehead atoms. The van der Waals surface area contributed by atoms with Crippen molar-refractivity contribution in [2.45, 2.75) is 30.0 Å². The molecule has 2 heterocycles. The second-order valence-electron chi connectivity index (χ2n) is 6.86. The van der Waals surface area contributed by atoms with E-state index in [0.29, 0.717) is 26.6 Å². The van der Waals surface area contributed by atoms with Crippen LogP contribution in [-0.2, 0) is 5.75 Å². The van der Waals surface area contributed by atoms with Gasteiger partial charge in [-0.1, -0.05) is 33.8 Å². The maximum Gasteiger partial charge on any atom is 0.319 e. The van der Waals surface area contributed by atoms with Crippen LogP contribution >= 0.6 is 39.2 Å². The van der Waals surface area contributed by atoms with E-state index in [1.807, 2.05) is 0 Å². The van der Waals surface area contributed by atoms with Crippen LogP contribution in [0, 0.1) is 5.82 Å². The highest BCUT2D eigenvalue weighted by Gasteiger charge is 2.21. The van der Waals surface area contributed by atoms with Gasteiger partial charge in [-0.15, -0.1) is 0 Å². The number of carbonyl (C=O) groups excluding carboxylic acids is 2. The lowest BCUT2D eigenvalue weighted by Crippen LogP contribution is -2.32. The van der Waals surface area contributed by atoms with Crippen LogP contribution in [0.1, 0.15) is 35.2 Å². The molecule has 1 fully saturated rings. The van der Waals surface area contributed by atoms with Crippen LogP contribution in [-0.4, -0.2) is 47.4 Å². The molecule has 1 aliphatic heterocycles. The van der Waals surface area contributed by atoms with Gasteiger partial charge in [0.2, 0.25) is 0 Å². The Labute approximate surface area is 191 Å². The molecule has 0 saturated carbocycles. The summed E-state index contributed by atoms with van der Waals surface area (Å²) >= 11 is 5.40. The summed E-state index contributed by atoms with van der Waals surface area (Å²) in [4.78, 5) is 26.5. The minimum absolute atomic E-state index is 0.148. The Morgan fingerprint density at radius 2 is 2.10 bits per heavy atom. The van der Waals surface area contributed by atoms with E-state index in [1.165, 1.54) is 30.7 Å². The zero-order chi connectivity index (χ0) is 21.5. The number of hydrogen-bond donors (Lipinski definition) is 3. The predicted octanol–water partition coefficient (Wildman–Crippen LogP) is 4.04. The zero-order valence-electron chi connectivity index (χ0n) is 16.2. The number of urea groups is 1. The van der Waals surface area contributed by atoms with E-state index in [2.05, 4.69) is 35.8 Å². The van der Waals surface area contributed by atoms with Crippen molar-refractivity contribution in [3.63, 3.8) is 0 Å². The molecule has 162 valence electrons. The lowest BCUT2D eigenvalue weighted by Gasteiger charge is -2.14. The number of benzene rings is 1. The number of likely N-dealkylation sites (tertiary alicyclic amines) is 1. The number of primary amides is 1. The molecule has 11 heteroatoms. The third-order valence-electron chi connectivity index (χ3n) is 4.65. The first kappa shape index (κ1) is 23.0. The molecule has 1 aromatic heterocycles. The van der Waals surface area contributed by atoms with Gasteiger partial charge in [-0.05, 0) is 68.1 Å². The Balaban J connectivity index is 1.54. The minimum atomic E-state index is -0.688. The predicted molar refractivity (Wildman–Crippen MR) is 122 cm³/mol. The summed E-state index contributed by atoms with van der Waals surface area (Å²) in [6, 6.07) is 4.39. The van der Waals surface area contributed by atoms with E-state index in [0.717, 1.165) is 37.6 Å². The van der Waals surface area contributed by atoms with Crippen LogP contribution in [0.2, 0.25) is 0 Å². The van der Waals surface area contributed by atoms with Gasteiger partial charge in [0.1, 0.15) is 21.4 Å². The normalized spacial score (nSPS) is 14.1. The summed E-state index contributed by atoms with van der Waals surface area (Å²) < 4.78 is 18.9.